The van der Waals surface area contributed by atoms with Crippen molar-refractivity contribution in [3.05, 3.63) is 59.8 Å². The van der Waals surface area contributed by atoms with Crippen molar-refractivity contribution < 1.29 is 29.3 Å². The van der Waals surface area contributed by atoms with Gasteiger partial charge in [0.15, 0.2) is 11.5 Å². The first-order valence-corrected chi connectivity index (χ1v) is 12.6. The number of carbonyl (C=O) groups excluding carboxylic acids is 1. The molecule has 8 nitrogen and oxygen atoms in total. The predicted molar refractivity (Wildman–Crippen MR) is 135 cm³/mol. The van der Waals surface area contributed by atoms with Gasteiger partial charge in [-0.05, 0) is 61.4 Å². The third kappa shape index (κ3) is 4.78. The fourth-order valence-electron chi connectivity index (χ4n) is 5.64. The van der Waals surface area contributed by atoms with Gasteiger partial charge in [-0.3, -0.25) is 9.36 Å². The van der Waals surface area contributed by atoms with Crippen molar-refractivity contribution >= 4 is 22.9 Å². The molecule has 0 unspecified atom stereocenters. The summed E-state index contributed by atoms with van der Waals surface area (Å²) in [5, 5.41) is 24.9. The Labute approximate surface area is 209 Å². The Morgan fingerprint density at radius 2 is 1.83 bits per heavy atom. The molecule has 1 saturated carbocycles. The van der Waals surface area contributed by atoms with E-state index in [1.54, 1.807) is 30.5 Å². The largest absolute Gasteiger partial charge is 0.464 e. The Kier molecular flexibility index (Phi) is 6.87. The Hall–Kier alpha value is -3.52. The zero-order chi connectivity index (χ0) is 25.2. The molecule has 3 aromatic rings. The lowest BCUT2D eigenvalue weighted by Gasteiger charge is -2.32. The minimum Gasteiger partial charge on any atom is -0.464 e. The van der Waals surface area contributed by atoms with Crippen molar-refractivity contribution in [2.75, 3.05) is 6.79 Å². The summed E-state index contributed by atoms with van der Waals surface area (Å²) in [6.45, 7) is 2.04. The first kappa shape index (κ1) is 24.2. The summed E-state index contributed by atoms with van der Waals surface area (Å²) in [4.78, 5) is 25.4. The first-order chi connectivity index (χ1) is 17.4. The van der Waals surface area contributed by atoms with E-state index in [-0.39, 0.29) is 24.7 Å². The summed E-state index contributed by atoms with van der Waals surface area (Å²) in [5.41, 5.74) is 2.15. The maximum Gasteiger partial charge on any atom is 0.416 e. The second kappa shape index (κ2) is 10.2. The minimum absolute atomic E-state index is 0.0590. The maximum atomic E-state index is 13.7. The van der Waals surface area contributed by atoms with Gasteiger partial charge in [-0.1, -0.05) is 43.5 Å². The van der Waals surface area contributed by atoms with Crippen LogP contribution in [0.25, 0.3) is 10.9 Å². The van der Waals surface area contributed by atoms with Crippen LogP contribution in [0.2, 0.25) is 0 Å². The van der Waals surface area contributed by atoms with Gasteiger partial charge in [-0.15, -0.1) is 0 Å². The molecule has 1 aliphatic carbocycles. The Bertz CT molecular complexity index is 1260. The molecular weight excluding hydrogens is 460 g/mol. The lowest BCUT2D eigenvalue weighted by molar-refractivity contribution is -0.127. The van der Waals surface area contributed by atoms with Crippen LogP contribution in [0.15, 0.2) is 48.7 Å². The summed E-state index contributed by atoms with van der Waals surface area (Å²) in [5.74, 6) is 0.277. The Morgan fingerprint density at radius 1 is 1.08 bits per heavy atom. The topological polar surface area (TPSA) is 110 Å². The van der Waals surface area contributed by atoms with E-state index in [4.69, 9.17) is 9.47 Å². The van der Waals surface area contributed by atoms with Crippen LogP contribution in [0, 0.1) is 5.92 Å². The zero-order valence-electron chi connectivity index (χ0n) is 20.4. The van der Waals surface area contributed by atoms with Gasteiger partial charge in [0.1, 0.15) is 0 Å². The average molecular weight is 493 g/mol. The molecule has 3 atom stereocenters. The van der Waals surface area contributed by atoms with E-state index >= 15 is 0 Å². The highest BCUT2D eigenvalue weighted by atomic mass is 16.7. The van der Waals surface area contributed by atoms with Gasteiger partial charge in [0.25, 0.3) is 0 Å². The molecule has 3 N–H and O–H groups in total. The van der Waals surface area contributed by atoms with Crippen LogP contribution >= 0.6 is 0 Å². The van der Waals surface area contributed by atoms with Crippen molar-refractivity contribution in [3.8, 4) is 11.5 Å². The number of nitrogens with one attached hydrogen (secondary N) is 1. The highest BCUT2D eigenvalue weighted by molar-refractivity contribution is 5.91. The van der Waals surface area contributed by atoms with E-state index in [1.807, 2.05) is 25.1 Å². The van der Waals surface area contributed by atoms with Crippen LogP contribution in [-0.2, 0) is 11.2 Å². The number of fused-ring (bicyclic) bond motifs is 2. The van der Waals surface area contributed by atoms with Crippen molar-refractivity contribution in [1.82, 2.24) is 9.88 Å². The number of amides is 1. The van der Waals surface area contributed by atoms with Crippen LogP contribution in [0.1, 0.15) is 56.1 Å². The molecule has 1 aliphatic heterocycles. The minimum atomic E-state index is -1.05. The van der Waals surface area contributed by atoms with Crippen molar-refractivity contribution in [2.45, 2.75) is 63.5 Å². The van der Waals surface area contributed by atoms with E-state index in [2.05, 4.69) is 5.32 Å². The number of nitrogens with zero attached hydrogens (tertiary/aromatic N) is 1. The van der Waals surface area contributed by atoms with Crippen molar-refractivity contribution in [1.29, 1.82) is 0 Å². The molecule has 0 spiro atoms. The first-order valence-electron chi connectivity index (χ1n) is 12.6. The van der Waals surface area contributed by atoms with Gasteiger partial charge in [-0.25, -0.2) is 4.79 Å². The third-order valence-corrected chi connectivity index (χ3v) is 7.43. The van der Waals surface area contributed by atoms with Gasteiger partial charge >= 0.3 is 6.09 Å². The lowest BCUT2D eigenvalue weighted by Crippen LogP contribution is -2.43. The van der Waals surface area contributed by atoms with E-state index in [9.17, 15) is 19.8 Å². The average Bonchev–Trinajstić information content (AvgIpc) is 3.49. The molecule has 0 radical (unpaired) electrons. The standard InChI is InChI=1S/C28H32N2O6/c1-17(13-20-15-30(28(33)34)22-10-6-5-9-21(20)22)29-27(32)25(26(31)18-7-3-2-4-8-18)19-11-12-23-24(14-19)36-16-35-23/h5-6,9-12,14-15,17-18,25-26,31H,2-4,7-8,13,16H2,1H3,(H,29,32)(H,33,34)/t17-,25+,26+/m1/s1. The normalized spacial score (nSPS) is 18.1. The number of aliphatic hydroxyl groups is 1. The lowest BCUT2D eigenvalue weighted by atomic mass is 9.77. The van der Waals surface area contributed by atoms with Crippen LogP contribution in [-0.4, -0.2) is 45.7 Å². The number of aromatic nitrogens is 1. The van der Waals surface area contributed by atoms with Crippen LogP contribution < -0.4 is 14.8 Å². The van der Waals surface area contributed by atoms with Crippen molar-refractivity contribution in [2.24, 2.45) is 5.92 Å². The molecule has 1 amide bonds. The molecule has 0 bridgehead atoms. The molecule has 2 aromatic carbocycles. The van der Waals surface area contributed by atoms with Gasteiger partial charge in [0.2, 0.25) is 12.7 Å². The monoisotopic (exact) mass is 492 g/mol. The molecule has 36 heavy (non-hydrogen) atoms. The van der Waals surface area contributed by atoms with E-state index < -0.39 is 18.1 Å². The van der Waals surface area contributed by atoms with Gasteiger partial charge in [0, 0.05) is 17.6 Å². The number of hydrogen-bond acceptors (Lipinski definition) is 5. The molecule has 1 aromatic heterocycles. The summed E-state index contributed by atoms with van der Waals surface area (Å²) in [7, 11) is 0. The fraction of sp³-hybridized carbons (Fsp3) is 0.429. The third-order valence-electron chi connectivity index (χ3n) is 7.43. The number of rotatable bonds is 7. The smallest absolute Gasteiger partial charge is 0.416 e. The number of aliphatic hydroxyl groups excluding tert-OH is 1. The second-order valence-corrected chi connectivity index (χ2v) is 9.92. The fourth-order valence-corrected chi connectivity index (χ4v) is 5.64. The summed E-state index contributed by atoms with van der Waals surface area (Å²) >= 11 is 0. The summed E-state index contributed by atoms with van der Waals surface area (Å²) in [6.07, 6.45) is 5.29. The SMILES string of the molecule is C[C@H](Cc1cn(C(=O)O)c2ccccc12)NC(=O)[C@@H](c1ccc2c(c1)OCO2)[C@@H](O)C1CCCCC1. The number of carboxylic acid groups (broad SMARTS) is 1. The predicted octanol–water partition coefficient (Wildman–Crippen LogP) is 4.67. The molecule has 1 fully saturated rings. The highest BCUT2D eigenvalue weighted by Crippen LogP contribution is 2.39. The molecule has 5 rings (SSSR count). The molecule has 2 aliphatic rings. The van der Waals surface area contributed by atoms with Crippen LogP contribution in [0.4, 0.5) is 4.79 Å². The number of ether oxygens (including phenoxy) is 2. The number of benzene rings is 2. The van der Waals surface area contributed by atoms with E-state index in [1.165, 1.54) is 4.57 Å². The molecule has 2 heterocycles. The zero-order valence-corrected chi connectivity index (χ0v) is 20.4. The van der Waals surface area contributed by atoms with Crippen LogP contribution in [0.3, 0.4) is 0 Å². The van der Waals surface area contributed by atoms with Gasteiger partial charge < -0.3 is 25.0 Å². The Morgan fingerprint density at radius 3 is 2.61 bits per heavy atom. The molecule has 8 heteroatoms. The number of carbonyl (C=O) groups is 2. The summed E-state index contributed by atoms with van der Waals surface area (Å²) < 4.78 is 12.2. The number of para-hydroxylation sites is 1. The Balaban J connectivity index is 1.38. The van der Waals surface area contributed by atoms with Crippen molar-refractivity contribution in [3.63, 3.8) is 0 Å². The molecular formula is C28H32N2O6. The maximum absolute atomic E-state index is 13.7. The number of hydrogen-bond donors (Lipinski definition) is 3. The van der Waals surface area contributed by atoms with E-state index in [0.717, 1.165) is 43.1 Å². The van der Waals surface area contributed by atoms with Gasteiger partial charge in [-0.2, -0.15) is 0 Å². The second-order valence-electron chi connectivity index (χ2n) is 9.92. The van der Waals surface area contributed by atoms with Gasteiger partial charge in [0.05, 0.1) is 17.5 Å². The van der Waals surface area contributed by atoms with Crippen LogP contribution in [0.5, 0.6) is 11.5 Å². The molecule has 190 valence electrons. The van der Waals surface area contributed by atoms with E-state index in [0.29, 0.717) is 29.0 Å². The highest BCUT2D eigenvalue weighted by Gasteiger charge is 2.36. The quantitative estimate of drug-likeness (QED) is 0.442. The summed E-state index contributed by atoms with van der Waals surface area (Å²) in [6, 6.07) is 12.5. The molecule has 0 saturated heterocycles.